The summed E-state index contributed by atoms with van der Waals surface area (Å²) in [5.41, 5.74) is 0. The number of aliphatic hydroxyl groups excluding tert-OH is 4. The lowest BCUT2D eigenvalue weighted by atomic mass is 10.0. The zero-order valence-corrected chi connectivity index (χ0v) is 31.6. The fraction of sp³-hybridized carbons (Fsp3) is 0.950. The van der Waals surface area contributed by atoms with Crippen LogP contribution in [-0.4, -0.2) is 77.3 Å². The Balaban J connectivity index is 3.78. The highest BCUT2D eigenvalue weighted by Crippen LogP contribution is 2.17. The number of carbonyl (C=O) groups is 2. The molecule has 0 aliphatic carbocycles. The van der Waals surface area contributed by atoms with Crippen molar-refractivity contribution in [1.29, 1.82) is 0 Å². The summed E-state index contributed by atoms with van der Waals surface area (Å²) < 4.78 is 16.2. The number of aliphatic hydroxyl groups is 4. The van der Waals surface area contributed by atoms with Gasteiger partial charge in [0.25, 0.3) is 0 Å². The Bertz CT molecular complexity index is 705. The third kappa shape index (κ3) is 36.3. The van der Waals surface area contributed by atoms with Crippen LogP contribution in [-0.2, 0) is 23.8 Å². The van der Waals surface area contributed by atoms with E-state index in [1.165, 1.54) is 116 Å². The average molecular weight is 703 g/mol. The van der Waals surface area contributed by atoms with Crippen LogP contribution < -0.4 is 0 Å². The zero-order chi connectivity index (χ0) is 36.0. The highest BCUT2D eigenvalue weighted by Gasteiger charge is 2.16. The van der Waals surface area contributed by atoms with Crippen LogP contribution in [0, 0.1) is 0 Å². The minimum Gasteiger partial charge on any atom is -0.463 e. The van der Waals surface area contributed by atoms with Crippen LogP contribution >= 0.6 is 0 Å². The van der Waals surface area contributed by atoms with E-state index in [2.05, 4.69) is 6.92 Å². The molecule has 3 unspecified atom stereocenters. The SMILES string of the molecule is CCCCCCCCCCCCCCCCCC(=O)OC(CCCCCCCCCCCCCCC(=O)OCC(O)CO)OCC(O)CO. The van der Waals surface area contributed by atoms with Crippen molar-refractivity contribution in [2.45, 2.75) is 218 Å². The topological polar surface area (TPSA) is 143 Å². The quantitative estimate of drug-likeness (QED) is 0.0281. The monoisotopic (exact) mass is 703 g/mol. The minimum absolute atomic E-state index is 0.0453. The van der Waals surface area contributed by atoms with E-state index < -0.39 is 25.1 Å². The standard InChI is InChI=1S/C40H78O9/c1-2-3-4-5-6-7-8-9-10-11-15-18-21-24-27-30-39(46)49-40(48-35-37(44)33-42)31-28-25-22-19-16-13-12-14-17-20-23-26-29-38(45)47-34-36(43)32-41/h36-37,40-44H,2-35H2,1H3. The number of hydrogen-bond donors (Lipinski definition) is 4. The number of hydrogen-bond acceptors (Lipinski definition) is 9. The molecule has 9 heteroatoms. The fourth-order valence-electron chi connectivity index (χ4n) is 5.96. The highest BCUT2D eigenvalue weighted by molar-refractivity contribution is 5.69. The van der Waals surface area contributed by atoms with Crippen LogP contribution in [0.3, 0.4) is 0 Å². The molecule has 3 atom stereocenters. The van der Waals surface area contributed by atoms with Crippen molar-refractivity contribution < 1.29 is 44.2 Å². The molecule has 0 saturated heterocycles. The van der Waals surface area contributed by atoms with Gasteiger partial charge in [-0.1, -0.05) is 161 Å². The molecule has 0 saturated carbocycles. The first-order chi connectivity index (χ1) is 23.9. The molecule has 0 rings (SSSR count). The molecule has 0 aliphatic rings. The van der Waals surface area contributed by atoms with E-state index in [1.807, 2.05) is 0 Å². The normalized spacial score (nSPS) is 13.3. The second-order valence-corrected chi connectivity index (χ2v) is 14.1. The minimum atomic E-state index is -0.996. The predicted octanol–water partition coefficient (Wildman–Crippen LogP) is 8.84. The number of unbranched alkanes of at least 4 members (excludes halogenated alkanes) is 25. The predicted molar refractivity (Wildman–Crippen MR) is 197 cm³/mol. The van der Waals surface area contributed by atoms with Crippen molar-refractivity contribution in [3.63, 3.8) is 0 Å². The zero-order valence-electron chi connectivity index (χ0n) is 31.6. The lowest BCUT2D eigenvalue weighted by Gasteiger charge is -2.20. The lowest BCUT2D eigenvalue weighted by molar-refractivity contribution is -0.187. The van der Waals surface area contributed by atoms with Crippen molar-refractivity contribution in [2.75, 3.05) is 26.4 Å². The van der Waals surface area contributed by atoms with Gasteiger partial charge < -0.3 is 34.6 Å². The van der Waals surface area contributed by atoms with E-state index in [0.29, 0.717) is 19.3 Å². The van der Waals surface area contributed by atoms with Gasteiger partial charge in [0.1, 0.15) is 18.8 Å². The Labute approximate surface area is 300 Å². The van der Waals surface area contributed by atoms with Crippen LogP contribution in [0.1, 0.15) is 200 Å². The molecule has 0 aromatic carbocycles. The molecule has 9 nitrogen and oxygen atoms in total. The molecule has 49 heavy (non-hydrogen) atoms. The Morgan fingerprint density at radius 1 is 0.469 bits per heavy atom. The van der Waals surface area contributed by atoms with Gasteiger partial charge in [-0.2, -0.15) is 0 Å². The molecular weight excluding hydrogens is 624 g/mol. The largest absolute Gasteiger partial charge is 0.463 e. The summed E-state index contributed by atoms with van der Waals surface area (Å²) in [5, 5.41) is 36.7. The lowest BCUT2D eigenvalue weighted by Crippen LogP contribution is -2.28. The van der Waals surface area contributed by atoms with Crippen LogP contribution in [0.4, 0.5) is 0 Å². The summed E-state index contributed by atoms with van der Waals surface area (Å²) >= 11 is 0. The third-order valence-electron chi connectivity index (χ3n) is 9.15. The molecule has 0 aliphatic heterocycles. The number of rotatable bonds is 39. The molecular formula is C40H78O9. The highest BCUT2D eigenvalue weighted by atomic mass is 16.7. The molecule has 0 aromatic rings. The summed E-state index contributed by atoms with van der Waals surface area (Å²) in [5.74, 6) is -0.557. The number of esters is 2. The van der Waals surface area contributed by atoms with Gasteiger partial charge in [-0.05, 0) is 19.3 Å². The molecule has 0 fully saturated rings. The van der Waals surface area contributed by atoms with Gasteiger partial charge in [-0.3, -0.25) is 9.59 Å². The smallest absolute Gasteiger partial charge is 0.308 e. The summed E-state index contributed by atoms with van der Waals surface area (Å²) in [6, 6.07) is 0. The summed E-state index contributed by atoms with van der Waals surface area (Å²) in [6.07, 6.45) is 31.2. The number of carbonyl (C=O) groups excluding carboxylic acids is 2. The maximum Gasteiger partial charge on any atom is 0.308 e. The average Bonchev–Trinajstić information content (AvgIpc) is 3.10. The van der Waals surface area contributed by atoms with E-state index in [-0.39, 0.29) is 31.8 Å². The van der Waals surface area contributed by atoms with Gasteiger partial charge in [-0.25, -0.2) is 0 Å². The van der Waals surface area contributed by atoms with Gasteiger partial charge in [0.05, 0.1) is 19.8 Å². The van der Waals surface area contributed by atoms with Gasteiger partial charge in [-0.15, -0.1) is 0 Å². The summed E-state index contributed by atoms with van der Waals surface area (Å²) in [4.78, 5) is 24.0. The first-order valence-electron chi connectivity index (χ1n) is 20.5. The Hall–Kier alpha value is -1.26. The van der Waals surface area contributed by atoms with Gasteiger partial charge in [0.2, 0.25) is 6.29 Å². The Morgan fingerprint density at radius 3 is 1.22 bits per heavy atom. The maximum absolute atomic E-state index is 12.5. The van der Waals surface area contributed by atoms with E-state index in [9.17, 15) is 19.8 Å². The second-order valence-electron chi connectivity index (χ2n) is 14.1. The van der Waals surface area contributed by atoms with Gasteiger partial charge in [0.15, 0.2) is 0 Å². The molecule has 4 N–H and O–H groups in total. The van der Waals surface area contributed by atoms with E-state index in [1.54, 1.807) is 0 Å². The first-order valence-corrected chi connectivity index (χ1v) is 20.5. The van der Waals surface area contributed by atoms with Crippen molar-refractivity contribution in [3.8, 4) is 0 Å². The second kappa shape index (κ2) is 38.0. The van der Waals surface area contributed by atoms with Crippen LogP contribution in [0.5, 0.6) is 0 Å². The molecule has 0 aromatic heterocycles. The molecule has 292 valence electrons. The van der Waals surface area contributed by atoms with E-state index >= 15 is 0 Å². The summed E-state index contributed by atoms with van der Waals surface area (Å²) in [6.45, 7) is 1.30. The Morgan fingerprint density at radius 2 is 0.816 bits per heavy atom. The molecule has 0 spiro atoms. The summed E-state index contributed by atoms with van der Waals surface area (Å²) in [7, 11) is 0. The van der Waals surface area contributed by atoms with E-state index in [4.69, 9.17) is 24.4 Å². The van der Waals surface area contributed by atoms with Crippen molar-refractivity contribution in [1.82, 2.24) is 0 Å². The van der Waals surface area contributed by atoms with E-state index in [0.717, 1.165) is 57.8 Å². The van der Waals surface area contributed by atoms with Crippen molar-refractivity contribution >= 4 is 11.9 Å². The van der Waals surface area contributed by atoms with Crippen LogP contribution in [0.2, 0.25) is 0 Å². The maximum atomic E-state index is 12.5. The Kier molecular flexibility index (Phi) is 37.0. The van der Waals surface area contributed by atoms with Crippen LogP contribution in [0.15, 0.2) is 0 Å². The molecule has 0 amide bonds. The molecule has 0 heterocycles. The third-order valence-corrected chi connectivity index (χ3v) is 9.15. The van der Waals surface area contributed by atoms with Crippen molar-refractivity contribution in [2.24, 2.45) is 0 Å². The molecule has 0 bridgehead atoms. The first kappa shape index (κ1) is 47.7. The van der Waals surface area contributed by atoms with Crippen LogP contribution in [0.25, 0.3) is 0 Å². The van der Waals surface area contributed by atoms with Gasteiger partial charge in [0, 0.05) is 19.3 Å². The van der Waals surface area contributed by atoms with Crippen molar-refractivity contribution in [3.05, 3.63) is 0 Å². The number of ether oxygens (including phenoxy) is 3. The van der Waals surface area contributed by atoms with Gasteiger partial charge >= 0.3 is 11.9 Å². The molecule has 0 radical (unpaired) electrons. The fourth-order valence-corrected chi connectivity index (χ4v) is 5.96.